The predicted octanol–water partition coefficient (Wildman–Crippen LogP) is 3.63. The molecule has 1 aromatic rings. The Morgan fingerprint density at radius 2 is 2.06 bits per heavy atom. The van der Waals surface area contributed by atoms with E-state index in [4.69, 9.17) is 4.74 Å². The molecule has 2 heteroatoms. The highest BCUT2D eigenvalue weighted by molar-refractivity contribution is 5.46. The second-order valence-corrected chi connectivity index (χ2v) is 5.83. The van der Waals surface area contributed by atoms with Crippen molar-refractivity contribution in [3.8, 4) is 5.75 Å². The highest BCUT2D eigenvalue weighted by Gasteiger charge is 2.34. The Bertz CT molecular complexity index is 409. The van der Waals surface area contributed by atoms with Crippen LogP contribution in [0.3, 0.4) is 0 Å². The summed E-state index contributed by atoms with van der Waals surface area (Å²) in [5.41, 5.74) is 2.53. The maximum atomic E-state index is 6.20. The summed E-state index contributed by atoms with van der Waals surface area (Å²) in [6.07, 6.45) is 1.01. The van der Waals surface area contributed by atoms with E-state index in [1.165, 1.54) is 11.1 Å². The summed E-state index contributed by atoms with van der Waals surface area (Å²) >= 11 is 0. The summed E-state index contributed by atoms with van der Waals surface area (Å²) in [6, 6.07) is 6.89. The average molecular weight is 233 g/mol. The second-order valence-electron chi connectivity index (χ2n) is 5.83. The number of hydrogen-bond acceptors (Lipinski definition) is 2. The SMILES string of the molecule is CNC1CC(C)(C)Oc2c(C(C)C)cccc21. The Kier molecular flexibility index (Phi) is 3.17. The Balaban J connectivity index is 2.52. The number of ether oxygens (including phenoxy) is 1. The van der Waals surface area contributed by atoms with Gasteiger partial charge in [-0.15, -0.1) is 0 Å². The molecule has 1 unspecified atom stereocenters. The maximum Gasteiger partial charge on any atom is 0.128 e. The molecule has 2 rings (SSSR count). The average Bonchev–Trinajstić information content (AvgIpc) is 2.25. The third-order valence-corrected chi connectivity index (χ3v) is 3.50. The van der Waals surface area contributed by atoms with Crippen LogP contribution in [0, 0.1) is 0 Å². The standard InChI is InChI=1S/C15H23NO/c1-10(2)11-7-6-8-12-13(16-5)9-15(3,4)17-14(11)12/h6-8,10,13,16H,9H2,1-5H3. The molecule has 0 spiro atoms. The van der Waals surface area contributed by atoms with Crippen LogP contribution in [0.5, 0.6) is 5.75 Å². The summed E-state index contributed by atoms with van der Waals surface area (Å²) in [6.45, 7) is 8.76. The van der Waals surface area contributed by atoms with Crippen LogP contribution in [0.2, 0.25) is 0 Å². The van der Waals surface area contributed by atoms with Gasteiger partial charge >= 0.3 is 0 Å². The highest BCUT2D eigenvalue weighted by atomic mass is 16.5. The van der Waals surface area contributed by atoms with E-state index in [-0.39, 0.29) is 5.60 Å². The molecular formula is C15H23NO. The number of para-hydroxylation sites is 1. The Morgan fingerprint density at radius 1 is 1.35 bits per heavy atom. The smallest absolute Gasteiger partial charge is 0.128 e. The lowest BCUT2D eigenvalue weighted by molar-refractivity contribution is 0.0659. The molecule has 0 amide bonds. The minimum Gasteiger partial charge on any atom is -0.487 e. The first kappa shape index (κ1) is 12.4. The van der Waals surface area contributed by atoms with Crippen LogP contribution in [-0.4, -0.2) is 12.6 Å². The Hall–Kier alpha value is -1.02. The van der Waals surface area contributed by atoms with Crippen LogP contribution in [0.1, 0.15) is 57.2 Å². The van der Waals surface area contributed by atoms with Gasteiger partial charge in [0, 0.05) is 18.0 Å². The van der Waals surface area contributed by atoms with Gasteiger partial charge < -0.3 is 10.1 Å². The van der Waals surface area contributed by atoms with E-state index in [0.29, 0.717) is 12.0 Å². The summed E-state index contributed by atoms with van der Waals surface area (Å²) in [4.78, 5) is 0. The molecule has 2 nitrogen and oxygen atoms in total. The van der Waals surface area contributed by atoms with Crippen LogP contribution in [-0.2, 0) is 0 Å². The molecule has 1 heterocycles. The van der Waals surface area contributed by atoms with Crippen molar-refractivity contribution in [1.82, 2.24) is 5.32 Å². The summed E-state index contributed by atoms with van der Waals surface area (Å²) in [5, 5.41) is 3.40. The number of rotatable bonds is 2. The molecule has 0 aromatic heterocycles. The second kappa shape index (κ2) is 4.34. The molecule has 1 N–H and O–H groups in total. The van der Waals surface area contributed by atoms with Gasteiger partial charge in [0.15, 0.2) is 0 Å². The quantitative estimate of drug-likeness (QED) is 0.842. The number of nitrogens with one attached hydrogen (secondary N) is 1. The van der Waals surface area contributed by atoms with E-state index in [9.17, 15) is 0 Å². The molecular weight excluding hydrogens is 210 g/mol. The van der Waals surface area contributed by atoms with Crippen molar-refractivity contribution in [1.29, 1.82) is 0 Å². The van der Waals surface area contributed by atoms with Crippen molar-refractivity contribution in [2.24, 2.45) is 0 Å². The highest BCUT2D eigenvalue weighted by Crippen LogP contribution is 2.43. The third-order valence-electron chi connectivity index (χ3n) is 3.50. The van der Waals surface area contributed by atoms with E-state index in [2.05, 4.69) is 51.2 Å². The van der Waals surface area contributed by atoms with Crippen LogP contribution < -0.4 is 10.1 Å². The maximum absolute atomic E-state index is 6.20. The van der Waals surface area contributed by atoms with Crippen LogP contribution >= 0.6 is 0 Å². The molecule has 1 atom stereocenters. The van der Waals surface area contributed by atoms with Gasteiger partial charge in [0.1, 0.15) is 11.4 Å². The molecule has 0 fully saturated rings. The zero-order chi connectivity index (χ0) is 12.6. The third kappa shape index (κ3) is 2.32. The van der Waals surface area contributed by atoms with Gasteiger partial charge in [-0.25, -0.2) is 0 Å². The van der Waals surface area contributed by atoms with E-state index in [1.54, 1.807) is 0 Å². The molecule has 17 heavy (non-hydrogen) atoms. The molecule has 0 radical (unpaired) electrons. The molecule has 1 aromatic carbocycles. The van der Waals surface area contributed by atoms with Crippen molar-refractivity contribution < 1.29 is 4.74 Å². The van der Waals surface area contributed by atoms with Gasteiger partial charge in [-0.1, -0.05) is 32.0 Å². The van der Waals surface area contributed by atoms with Crippen molar-refractivity contribution in [3.63, 3.8) is 0 Å². The molecule has 0 bridgehead atoms. The van der Waals surface area contributed by atoms with Crippen molar-refractivity contribution in [2.75, 3.05) is 7.05 Å². The first-order valence-electron chi connectivity index (χ1n) is 6.43. The van der Waals surface area contributed by atoms with E-state index < -0.39 is 0 Å². The van der Waals surface area contributed by atoms with Crippen molar-refractivity contribution in [2.45, 2.75) is 51.7 Å². The molecule has 0 aliphatic carbocycles. The van der Waals surface area contributed by atoms with Crippen molar-refractivity contribution >= 4 is 0 Å². The van der Waals surface area contributed by atoms with Gasteiger partial charge in [-0.3, -0.25) is 0 Å². The Morgan fingerprint density at radius 3 is 2.65 bits per heavy atom. The molecule has 0 saturated carbocycles. The topological polar surface area (TPSA) is 21.3 Å². The molecule has 0 saturated heterocycles. The lowest BCUT2D eigenvalue weighted by Crippen LogP contribution is -2.39. The lowest BCUT2D eigenvalue weighted by atomic mass is 9.86. The largest absolute Gasteiger partial charge is 0.487 e. The van der Waals surface area contributed by atoms with Gasteiger partial charge in [-0.05, 0) is 32.4 Å². The van der Waals surface area contributed by atoms with Crippen LogP contribution in [0.25, 0.3) is 0 Å². The normalized spacial score (nSPS) is 22.1. The summed E-state index contributed by atoms with van der Waals surface area (Å²) in [5.74, 6) is 1.59. The van der Waals surface area contributed by atoms with Gasteiger partial charge in [0.25, 0.3) is 0 Å². The minimum absolute atomic E-state index is 0.0916. The van der Waals surface area contributed by atoms with Crippen LogP contribution in [0.15, 0.2) is 18.2 Å². The zero-order valence-corrected chi connectivity index (χ0v) is 11.5. The summed E-state index contributed by atoms with van der Waals surface area (Å²) in [7, 11) is 2.03. The minimum atomic E-state index is -0.0916. The number of fused-ring (bicyclic) bond motifs is 1. The predicted molar refractivity (Wildman–Crippen MR) is 71.7 cm³/mol. The van der Waals surface area contributed by atoms with Gasteiger partial charge in [-0.2, -0.15) is 0 Å². The molecule has 1 aliphatic heterocycles. The van der Waals surface area contributed by atoms with E-state index in [1.807, 2.05) is 7.05 Å². The Labute approximate surface area is 104 Å². The lowest BCUT2D eigenvalue weighted by Gasteiger charge is -2.39. The van der Waals surface area contributed by atoms with Gasteiger partial charge in [0.05, 0.1) is 0 Å². The van der Waals surface area contributed by atoms with Gasteiger partial charge in [0.2, 0.25) is 0 Å². The fourth-order valence-corrected chi connectivity index (χ4v) is 2.60. The van der Waals surface area contributed by atoms with E-state index in [0.717, 1.165) is 12.2 Å². The first-order chi connectivity index (χ1) is 7.94. The summed E-state index contributed by atoms with van der Waals surface area (Å²) < 4.78 is 6.20. The monoisotopic (exact) mass is 233 g/mol. The first-order valence-corrected chi connectivity index (χ1v) is 6.43. The number of benzene rings is 1. The van der Waals surface area contributed by atoms with E-state index >= 15 is 0 Å². The molecule has 94 valence electrons. The number of hydrogen-bond donors (Lipinski definition) is 1. The van der Waals surface area contributed by atoms with Crippen molar-refractivity contribution in [3.05, 3.63) is 29.3 Å². The zero-order valence-electron chi connectivity index (χ0n) is 11.5. The fraction of sp³-hybridized carbons (Fsp3) is 0.600. The van der Waals surface area contributed by atoms with Crippen LogP contribution in [0.4, 0.5) is 0 Å². The molecule has 1 aliphatic rings. The fourth-order valence-electron chi connectivity index (χ4n) is 2.60.